The molecule has 0 aromatic heterocycles. The second-order valence-electron chi connectivity index (χ2n) is 8.53. The molecule has 0 radical (unpaired) electrons. The molecular weight excluding hydrogens is 447 g/mol. The number of aliphatic imine (C=N–C) groups is 1. The lowest BCUT2D eigenvalue weighted by Gasteiger charge is -2.21. The molecule has 0 saturated carbocycles. The second-order valence-corrected chi connectivity index (χ2v) is 9.56. The van der Waals surface area contributed by atoms with Crippen LogP contribution in [0.5, 0.6) is 0 Å². The molecule has 2 atom stereocenters. The Morgan fingerprint density at radius 3 is 1.76 bits per heavy atom. The van der Waals surface area contributed by atoms with E-state index in [0.29, 0.717) is 25.3 Å². The molecule has 0 saturated heterocycles. The molecule has 1 unspecified atom stereocenters. The van der Waals surface area contributed by atoms with Crippen molar-refractivity contribution in [1.29, 1.82) is 0 Å². The third-order valence-electron chi connectivity index (χ3n) is 5.33. The molecule has 198 valence electrons. The van der Waals surface area contributed by atoms with Crippen LogP contribution in [0.2, 0.25) is 0 Å². The van der Waals surface area contributed by atoms with E-state index >= 15 is 0 Å². The number of nitrogens with zero attached hydrogens (tertiary/aromatic N) is 1. The summed E-state index contributed by atoms with van der Waals surface area (Å²) in [4.78, 5) is 37.0. The molecule has 0 spiro atoms. The van der Waals surface area contributed by atoms with Gasteiger partial charge in [-0.3, -0.25) is 9.79 Å². The lowest BCUT2D eigenvalue weighted by Crippen LogP contribution is -2.39. The highest BCUT2D eigenvalue weighted by Gasteiger charge is 2.18. The SMILES string of the molecule is CCCCCCCCC(CCCCCC)CN[C@@H](CCCN=C(N)N)C(=O)O.O=P(O)(O)O. The minimum Gasteiger partial charge on any atom is -0.480 e. The van der Waals surface area contributed by atoms with Crippen molar-refractivity contribution in [2.75, 3.05) is 13.1 Å². The van der Waals surface area contributed by atoms with Crippen LogP contribution in [0.25, 0.3) is 0 Å². The molecule has 0 rings (SSSR count). The Bertz CT molecular complexity index is 533. The minimum atomic E-state index is -4.64. The Morgan fingerprint density at radius 1 is 0.848 bits per heavy atom. The first-order valence-corrected chi connectivity index (χ1v) is 13.9. The number of carbonyl (C=O) groups is 1. The maximum absolute atomic E-state index is 11.6. The average molecular weight is 497 g/mol. The molecule has 11 heteroatoms. The fourth-order valence-corrected chi connectivity index (χ4v) is 3.55. The summed E-state index contributed by atoms with van der Waals surface area (Å²) in [5.74, 6) is -0.150. The van der Waals surface area contributed by atoms with Gasteiger partial charge in [0.05, 0.1) is 0 Å². The van der Waals surface area contributed by atoms with Crippen LogP contribution in [0.3, 0.4) is 0 Å². The summed E-state index contributed by atoms with van der Waals surface area (Å²) < 4.78 is 8.88. The number of carboxylic acids is 1. The zero-order valence-electron chi connectivity index (χ0n) is 20.6. The number of unbranched alkanes of at least 4 members (excludes halogenated alkanes) is 8. The van der Waals surface area contributed by atoms with E-state index < -0.39 is 19.8 Å². The molecule has 0 aliphatic rings. The predicted octanol–water partition coefficient (Wildman–Crippen LogP) is 3.49. The second kappa shape index (κ2) is 22.6. The molecule has 0 amide bonds. The van der Waals surface area contributed by atoms with Crippen molar-refractivity contribution in [3.05, 3.63) is 0 Å². The minimum absolute atomic E-state index is 0.0610. The third-order valence-corrected chi connectivity index (χ3v) is 5.33. The van der Waals surface area contributed by atoms with Crippen molar-refractivity contribution in [3.8, 4) is 0 Å². The van der Waals surface area contributed by atoms with Gasteiger partial charge >= 0.3 is 13.8 Å². The van der Waals surface area contributed by atoms with E-state index in [2.05, 4.69) is 24.2 Å². The maximum Gasteiger partial charge on any atom is 0.466 e. The molecule has 0 aliphatic heterocycles. The highest BCUT2D eigenvalue weighted by molar-refractivity contribution is 7.45. The van der Waals surface area contributed by atoms with Crippen LogP contribution in [-0.2, 0) is 9.36 Å². The molecule has 0 aromatic carbocycles. The predicted molar refractivity (Wildman–Crippen MR) is 134 cm³/mol. The first-order valence-electron chi connectivity index (χ1n) is 12.3. The van der Waals surface area contributed by atoms with Gasteiger partial charge in [-0.05, 0) is 38.1 Å². The van der Waals surface area contributed by atoms with Crippen LogP contribution in [0, 0.1) is 5.92 Å². The number of nitrogens with one attached hydrogen (secondary N) is 1. The fraction of sp³-hybridized carbons (Fsp3) is 0.909. The van der Waals surface area contributed by atoms with Crippen LogP contribution in [0.4, 0.5) is 0 Å². The van der Waals surface area contributed by atoms with Crippen molar-refractivity contribution in [2.45, 2.75) is 110 Å². The Balaban J connectivity index is 0. The Labute approximate surface area is 199 Å². The van der Waals surface area contributed by atoms with Gasteiger partial charge in [0.1, 0.15) is 6.04 Å². The summed E-state index contributed by atoms with van der Waals surface area (Å²) in [6, 6.07) is -0.517. The van der Waals surface area contributed by atoms with E-state index in [1.165, 1.54) is 77.0 Å². The van der Waals surface area contributed by atoms with Crippen molar-refractivity contribution in [3.63, 3.8) is 0 Å². The molecule has 9 N–H and O–H groups in total. The van der Waals surface area contributed by atoms with E-state index in [1.807, 2.05) is 0 Å². The number of hydrogen-bond acceptors (Lipinski definition) is 4. The monoisotopic (exact) mass is 496 g/mol. The fourth-order valence-electron chi connectivity index (χ4n) is 3.55. The van der Waals surface area contributed by atoms with E-state index in [1.54, 1.807) is 0 Å². The van der Waals surface area contributed by atoms with Gasteiger partial charge in [-0.1, -0.05) is 78.1 Å². The molecule has 10 nitrogen and oxygen atoms in total. The zero-order valence-corrected chi connectivity index (χ0v) is 21.5. The molecule has 0 heterocycles. The summed E-state index contributed by atoms with van der Waals surface area (Å²) in [6.07, 6.45) is 16.5. The Hall–Kier alpha value is -1.19. The third kappa shape index (κ3) is 30.8. The topological polar surface area (TPSA) is 191 Å². The summed E-state index contributed by atoms with van der Waals surface area (Å²) in [5, 5.41) is 12.8. The first-order chi connectivity index (χ1) is 15.5. The lowest BCUT2D eigenvalue weighted by atomic mass is 9.93. The summed E-state index contributed by atoms with van der Waals surface area (Å²) >= 11 is 0. The largest absolute Gasteiger partial charge is 0.480 e. The summed E-state index contributed by atoms with van der Waals surface area (Å²) in [5.41, 5.74) is 10.6. The summed E-state index contributed by atoms with van der Waals surface area (Å²) in [6.45, 7) is 5.75. The van der Waals surface area contributed by atoms with Gasteiger partial charge in [0.25, 0.3) is 0 Å². The average Bonchev–Trinajstić information content (AvgIpc) is 2.70. The van der Waals surface area contributed by atoms with Crippen molar-refractivity contribution in [1.82, 2.24) is 5.32 Å². The molecule has 0 bridgehead atoms. The molecule has 0 aliphatic carbocycles. The Kier molecular flexibility index (Phi) is 23.3. The van der Waals surface area contributed by atoms with E-state index in [-0.39, 0.29) is 5.96 Å². The van der Waals surface area contributed by atoms with Crippen LogP contribution in [0.1, 0.15) is 104 Å². The van der Waals surface area contributed by atoms with Crippen molar-refractivity contribution in [2.24, 2.45) is 22.4 Å². The van der Waals surface area contributed by atoms with Gasteiger partial charge in [0.2, 0.25) is 0 Å². The highest BCUT2D eigenvalue weighted by atomic mass is 31.2. The molecular formula is C22H49N4O6P. The zero-order chi connectivity index (χ0) is 25.5. The van der Waals surface area contributed by atoms with Gasteiger partial charge in [-0.25, -0.2) is 4.57 Å². The molecule has 0 fully saturated rings. The van der Waals surface area contributed by atoms with Crippen LogP contribution < -0.4 is 16.8 Å². The number of aliphatic carboxylic acids is 1. The van der Waals surface area contributed by atoms with Gasteiger partial charge in [0.15, 0.2) is 5.96 Å². The number of guanidine groups is 1. The van der Waals surface area contributed by atoms with E-state index in [9.17, 15) is 9.90 Å². The van der Waals surface area contributed by atoms with Gasteiger partial charge in [0, 0.05) is 6.54 Å². The van der Waals surface area contributed by atoms with Crippen LogP contribution in [-0.4, -0.2) is 50.8 Å². The number of nitrogens with two attached hydrogens (primary N) is 2. The number of carboxylic acid groups (broad SMARTS) is 1. The molecule has 33 heavy (non-hydrogen) atoms. The van der Waals surface area contributed by atoms with Crippen LogP contribution in [0.15, 0.2) is 4.99 Å². The quantitative estimate of drug-likeness (QED) is 0.0572. The van der Waals surface area contributed by atoms with Gasteiger partial charge < -0.3 is 36.6 Å². The van der Waals surface area contributed by atoms with Crippen molar-refractivity contribution < 1.29 is 29.1 Å². The lowest BCUT2D eigenvalue weighted by molar-refractivity contribution is -0.139. The smallest absolute Gasteiger partial charge is 0.466 e. The maximum atomic E-state index is 11.6. The highest BCUT2D eigenvalue weighted by Crippen LogP contribution is 2.25. The van der Waals surface area contributed by atoms with Gasteiger partial charge in [-0.15, -0.1) is 0 Å². The van der Waals surface area contributed by atoms with E-state index in [4.69, 9.17) is 30.7 Å². The van der Waals surface area contributed by atoms with E-state index in [0.717, 1.165) is 6.54 Å². The Morgan fingerprint density at radius 2 is 1.30 bits per heavy atom. The standard InChI is InChI=1S/C22H46N4O2.H3O4P/c1-3-5-7-9-10-12-15-19(14-11-8-6-4-2)18-26-20(21(27)28)16-13-17-25-22(23)24;1-5(2,3)4/h19-20,26H,3-18H2,1-2H3,(H,27,28)(H4,23,24,25);(H3,1,2,3,4)/t19?,20-;/m0./s1. The number of rotatable bonds is 20. The molecule has 0 aromatic rings. The van der Waals surface area contributed by atoms with Crippen molar-refractivity contribution >= 4 is 19.8 Å². The first kappa shape index (κ1) is 34.0. The normalized spacial score (nSPS) is 13.0. The van der Waals surface area contributed by atoms with Crippen LogP contribution >= 0.6 is 7.82 Å². The number of hydrogen-bond donors (Lipinski definition) is 7. The van der Waals surface area contributed by atoms with Gasteiger partial charge in [-0.2, -0.15) is 0 Å². The summed E-state index contributed by atoms with van der Waals surface area (Å²) in [7, 11) is -4.64. The number of phosphoric acid groups is 1.